The molecule has 4 aliphatic rings. The molecule has 4 saturated carbocycles. The van der Waals surface area contributed by atoms with E-state index in [1.807, 2.05) is 0 Å². The fourth-order valence-electron chi connectivity index (χ4n) is 8.15. The standard InChI is InChI=1S/C25H37NO3/c1-14(5-6-15(2)27)18-7-8-19-17-12-22(28)21-11-16(26)9-10-24(21,3)20(17)13-23(29)25(18,19)4/h14,17-21,26H,5-13H2,1-4H3. The van der Waals surface area contributed by atoms with Crippen LogP contribution in [0.1, 0.15) is 85.5 Å². The van der Waals surface area contributed by atoms with Crippen LogP contribution in [0.25, 0.3) is 0 Å². The quantitative estimate of drug-likeness (QED) is 0.720. The van der Waals surface area contributed by atoms with E-state index in [9.17, 15) is 14.4 Å². The summed E-state index contributed by atoms with van der Waals surface area (Å²) < 4.78 is 0. The second-order valence-electron chi connectivity index (χ2n) is 11.2. The summed E-state index contributed by atoms with van der Waals surface area (Å²) in [7, 11) is 0. The zero-order valence-corrected chi connectivity index (χ0v) is 18.6. The molecule has 0 aromatic carbocycles. The van der Waals surface area contributed by atoms with E-state index in [-0.39, 0.29) is 22.5 Å². The van der Waals surface area contributed by atoms with Crippen molar-refractivity contribution < 1.29 is 14.4 Å². The van der Waals surface area contributed by atoms with Gasteiger partial charge in [-0.25, -0.2) is 0 Å². The van der Waals surface area contributed by atoms with Gasteiger partial charge < -0.3 is 10.2 Å². The lowest BCUT2D eigenvalue weighted by Gasteiger charge is -2.59. The summed E-state index contributed by atoms with van der Waals surface area (Å²) in [6.07, 6.45) is 7.06. The van der Waals surface area contributed by atoms with E-state index in [1.54, 1.807) is 6.92 Å². The number of carbonyl (C=O) groups excluding carboxylic acids is 3. The van der Waals surface area contributed by atoms with E-state index in [0.29, 0.717) is 72.6 Å². The van der Waals surface area contributed by atoms with Crippen molar-refractivity contribution >= 4 is 23.1 Å². The minimum absolute atomic E-state index is 0.0474. The number of ketones is 3. The third kappa shape index (κ3) is 3.08. The zero-order chi connectivity index (χ0) is 21.1. The van der Waals surface area contributed by atoms with Gasteiger partial charge in [-0.15, -0.1) is 0 Å². The molecule has 4 heteroatoms. The number of rotatable bonds is 4. The first-order valence-electron chi connectivity index (χ1n) is 11.7. The van der Waals surface area contributed by atoms with Crippen LogP contribution in [0.15, 0.2) is 0 Å². The summed E-state index contributed by atoms with van der Waals surface area (Å²) in [5, 5.41) is 8.11. The molecule has 4 fully saturated rings. The second kappa shape index (κ2) is 7.13. The molecule has 0 bridgehead atoms. The largest absolute Gasteiger partial charge is 0.310 e. The summed E-state index contributed by atoms with van der Waals surface area (Å²) >= 11 is 0. The average Bonchev–Trinajstić information content (AvgIpc) is 3.02. The topological polar surface area (TPSA) is 75.1 Å². The summed E-state index contributed by atoms with van der Waals surface area (Å²) in [5.41, 5.74) is 0.272. The van der Waals surface area contributed by atoms with E-state index >= 15 is 0 Å². The maximum Gasteiger partial charge on any atom is 0.139 e. The van der Waals surface area contributed by atoms with Gasteiger partial charge in [0, 0.05) is 36.3 Å². The van der Waals surface area contributed by atoms with Crippen LogP contribution in [0.5, 0.6) is 0 Å². The average molecular weight is 400 g/mol. The summed E-state index contributed by atoms with van der Waals surface area (Å²) in [5.74, 6) is 2.58. The normalized spacial score (nSPS) is 45.4. The fraction of sp³-hybridized carbons (Fsp3) is 0.840. The van der Waals surface area contributed by atoms with Crippen molar-refractivity contribution in [2.75, 3.05) is 0 Å². The van der Waals surface area contributed by atoms with Crippen molar-refractivity contribution in [3.8, 4) is 0 Å². The zero-order valence-electron chi connectivity index (χ0n) is 18.6. The van der Waals surface area contributed by atoms with E-state index in [0.717, 1.165) is 32.1 Å². The van der Waals surface area contributed by atoms with Crippen molar-refractivity contribution in [2.45, 2.75) is 85.5 Å². The van der Waals surface area contributed by atoms with Crippen molar-refractivity contribution in [2.24, 2.45) is 46.3 Å². The van der Waals surface area contributed by atoms with Gasteiger partial charge in [-0.1, -0.05) is 20.8 Å². The Morgan fingerprint density at radius 3 is 2.55 bits per heavy atom. The second-order valence-corrected chi connectivity index (χ2v) is 11.2. The molecule has 29 heavy (non-hydrogen) atoms. The molecule has 0 radical (unpaired) electrons. The number of hydrogen-bond donors (Lipinski definition) is 1. The molecule has 0 aromatic heterocycles. The molecule has 0 amide bonds. The molecule has 8 unspecified atom stereocenters. The molecule has 8 atom stereocenters. The van der Waals surface area contributed by atoms with Crippen LogP contribution in [0, 0.1) is 51.7 Å². The van der Waals surface area contributed by atoms with E-state index in [4.69, 9.17) is 5.41 Å². The Morgan fingerprint density at radius 2 is 1.86 bits per heavy atom. The Labute approximate surface area is 175 Å². The first-order valence-corrected chi connectivity index (χ1v) is 11.7. The van der Waals surface area contributed by atoms with E-state index in [2.05, 4.69) is 20.8 Å². The third-order valence-electron chi connectivity index (χ3n) is 9.89. The molecule has 160 valence electrons. The van der Waals surface area contributed by atoms with Gasteiger partial charge in [-0.05, 0) is 80.5 Å². The Kier molecular flexibility index (Phi) is 5.15. The molecule has 4 rings (SSSR count). The minimum Gasteiger partial charge on any atom is -0.310 e. The smallest absolute Gasteiger partial charge is 0.139 e. The first kappa shape index (κ1) is 20.9. The molecule has 0 heterocycles. The molecule has 0 aromatic rings. The number of Topliss-reactive ketones (excluding diaryl/α,β-unsaturated/α-hetero) is 3. The van der Waals surface area contributed by atoms with Gasteiger partial charge in [0.2, 0.25) is 0 Å². The fourth-order valence-corrected chi connectivity index (χ4v) is 8.15. The molecular formula is C25H37NO3. The van der Waals surface area contributed by atoms with Crippen LogP contribution in [-0.4, -0.2) is 23.1 Å². The Bertz CT molecular complexity index is 757. The van der Waals surface area contributed by atoms with Crippen LogP contribution >= 0.6 is 0 Å². The highest BCUT2D eigenvalue weighted by molar-refractivity contribution is 5.93. The Hall–Kier alpha value is -1.32. The van der Waals surface area contributed by atoms with Gasteiger partial charge in [0.15, 0.2) is 0 Å². The Morgan fingerprint density at radius 1 is 1.14 bits per heavy atom. The van der Waals surface area contributed by atoms with Gasteiger partial charge in [0.25, 0.3) is 0 Å². The number of nitrogens with one attached hydrogen (secondary N) is 1. The summed E-state index contributed by atoms with van der Waals surface area (Å²) in [6.45, 7) is 8.30. The van der Waals surface area contributed by atoms with Gasteiger partial charge in [0.1, 0.15) is 17.3 Å². The first-order chi connectivity index (χ1) is 13.6. The van der Waals surface area contributed by atoms with Gasteiger partial charge in [-0.2, -0.15) is 0 Å². The van der Waals surface area contributed by atoms with Crippen molar-refractivity contribution in [3.05, 3.63) is 0 Å². The molecular weight excluding hydrogens is 362 g/mol. The number of hydrogen-bond acceptors (Lipinski definition) is 4. The predicted molar refractivity (Wildman–Crippen MR) is 113 cm³/mol. The lowest BCUT2D eigenvalue weighted by Crippen LogP contribution is -2.59. The lowest BCUT2D eigenvalue weighted by atomic mass is 9.44. The van der Waals surface area contributed by atoms with Crippen molar-refractivity contribution in [3.63, 3.8) is 0 Å². The lowest BCUT2D eigenvalue weighted by molar-refractivity contribution is -0.163. The summed E-state index contributed by atoms with van der Waals surface area (Å²) in [4.78, 5) is 38.3. The number of carbonyl (C=O) groups is 3. The van der Waals surface area contributed by atoms with Crippen LogP contribution < -0.4 is 0 Å². The maximum absolute atomic E-state index is 13.7. The molecule has 4 aliphatic carbocycles. The van der Waals surface area contributed by atoms with Crippen molar-refractivity contribution in [1.29, 1.82) is 5.41 Å². The van der Waals surface area contributed by atoms with Crippen molar-refractivity contribution in [1.82, 2.24) is 0 Å². The maximum atomic E-state index is 13.7. The molecule has 0 spiro atoms. The highest BCUT2D eigenvalue weighted by Gasteiger charge is 2.65. The number of fused-ring (bicyclic) bond motifs is 5. The minimum atomic E-state index is -0.331. The van der Waals surface area contributed by atoms with E-state index in [1.165, 1.54) is 0 Å². The van der Waals surface area contributed by atoms with Gasteiger partial charge in [-0.3, -0.25) is 9.59 Å². The SMILES string of the molecule is CC(=O)CCC(C)C1CCC2C3CC(=O)C4CC(=N)CCC4(C)C3CC(=O)C12C. The molecule has 1 N–H and O–H groups in total. The van der Waals surface area contributed by atoms with Crippen LogP contribution in [0.4, 0.5) is 0 Å². The third-order valence-corrected chi connectivity index (χ3v) is 9.89. The highest BCUT2D eigenvalue weighted by atomic mass is 16.1. The van der Waals surface area contributed by atoms with E-state index < -0.39 is 0 Å². The van der Waals surface area contributed by atoms with Crippen LogP contribution in [-0.2, 0) is 14.4 Å². The van der Waals surface area contributed by atoms with Crippen LogP contribution in [0.3, 0.4) is 0 Å². The monoisotopic (exact) mass is 399 g/mol. The Balaban J connectivity index is 1.62. The molecule has 0 saturated heterocycles. The predicted octanol–water partition coefficient (Wildman–Crippen LogP) is 5.03. The van der Waals surface area contributed by atoms with Crippen LogP contribution in [0.2, 0.25) is 0 Å². The van der Waals surface area contributed by atoms with Gasteiger partial charge >= 0.3 is 0 Å². The molecule has 4 nitrogen and oxygen atoms in total. The highest BCUT2D eigenvalue weighted by Crippen LogP contribution is 2.66. The summed E-state index contributed by atoms with van der Waals surface area (Å²) in [6, 6.07) is 0. The van der Waals surface area contributed by atoms with Gasteiger partial charge in [0.05, 0.1) is 0 Å². The molecule has 0 aliphatic heterocycles.